The Bertz CT molecular complexity index is 445. The van der Waals surface area contributed by atoms with Gasteiger partial charge >= 0.3 is 0 Å². The molecule has 0 radical (unpaired) electrons. The molecule has 0 bridgehead atoms. The zero-order valence-corrected chi connectivity index (χ0v) is 11.9. The Morgan fingerprint density at radius 3 is 2.67 bits per heavy atom. The molecule has 0 saturated heterocycles. The molecule has 1 aromatic rings. The number of carbonyl (C=O) groups excluding carboxylic acids is 1. The van der Waals surface area contributed by atoms with Crippen LogP contribution in [0.4, 0.5) is 0 Å². The standard InChI is InChI=1S/C16H23NO/c1-12-14-8-6-5-7-13(14)9-10-17(12)15(18)11-16(2,3)4/h5-8,12H,9-11H2,1-4H3. The lowest BCUT2D eigenvalue weighted by Crippen LogP contribution is -2.40. The Morgan fingerprint density at radius 1 is 1.33 bits per heavy atom. The number of carbonyl (C=O) groups is 1. The Labute approximate surface area is 110 Å². The van der Waals surface area contributed by atoms with Crippen molar-refractivity contribution in [3.8, 4) is 0 Å². The average Bonchev–Trinajstić information content (AvgIpc) is 2.27. The minimum atomic E-state index is 0.0633. The summed E-state index contributed by atoms with van der Waals surface area (Å²) in [4.78, 5) is 14.4. The van der Waals surface area contributed by atoms with Gasteiger partial charge in [0, 0.05) is 13.0 Å². The molecule has 0 aliphatic carbocycles. The van der Waals surface area contributed by atoms with E-state index in [9.17, 15) is 4.79 Å². The molecule has 1 aliphatic rings. The first-order chi connectivity index (χ1) is 8.38. The molecule has 0 saturated carbocycles. The van der Waals surface area contributed by atoms with E-state index >= 15 is 0 Å². The lowest BCUT2D eigenvalue weighted by Gasteiger charge is -2.36. The van der Waals surface area contributed by atoms with Crippen molar-refractivity contribution in [1.82, 2.24) is 4.90 Å². The highest BCUT2D eigenvalue weighted by molar-refractivity contribution is 5.77. The number of rotatable bonds is 1. The molecular weight excluding hydrogens is 222 g/mol. The second-order valence-corrected chi connectivity index (χ2v) is 6.45. The van der Waals surface area contributed by atoms with Crippen molar-refractivity contribution in [2.45, 2.75) is 46.6 Å². The fourth-order valence-corrected chi connectivity index (χ4v) is 2.67. The number of hydrogen-bond donors (Lipinski definition) is 0. The van der Waals surface area contributed by atoms with Crippen molar-refractivity contribution in [2.75, 3.05) is 6.54 Å². The van der Waals surface area contributed by atoms with Gasteiger partial charge in [0.2, 0.25) is 5.91 Å². The molecule has 2 rings (SSSR count). The average molecular weight is 245 g/mol. The van der Waals surface area contributed by atoms with Crippen LogP contribution in [0.3, 0.4) is 0 Å². The van der Waals surface area contributed by atoms with E-state index in [0.717, 1.165) is 13.0 Å². The molecule has 0 N–H and O–H groups in total. The van der Waals surface area contributed by atoms with Crippen LogP contribution >= 0.6 is 0 Å². The quantitative estimate of drug-likeness (QED) is 0.740. The molecule has 0 fully saturated rings. The van der Waals surface area contributed by atoms with Crippen LogP contribution in [0.15, 0.2) is 24.3 Å². The third-order valence-corrected chi connectivity index (χ3v) is 3.60. The summed E-state index contributed by atoms with van der Waals surface area (Å²) in [6.45, 7) is 9.35. The van der Waals surface area contributed by atoms with E-state index in [1.807, 2.05) is 4.90 Å². The number of nitrogens with zero attached hydrogens (tertiary/aromatic N) is 1. The summed E-state index contributed by atoms with van der Waals surface area (Å²) in [6.07, 6.45) is 1.61. The Kier molecular flexibility index (Phi) is 3.47. The number of amides is 1. The summed E-state index contributed by atoms with van der Waals surface area (Å²) in [5, 5.41) is 0. The van der Waals surface area contributed by atoms with Gasteiger partial charge < -0.3 is 4.90 Å². The minimum Gasteiger partial charge on any atom is -0.336 e. The van der Waals surface area contributed by atoms with Gasteiger partial charge in [-0.25, -0.2) is 0 Å². The predicted octanol–water partition coefficient (Wildman–Crippen LogP) is 3.57. The maximum atomic E-state index is 12.4. The first-order valence-electron chi connectivity index (χ1n) is 6.76. The van der Waals surface area contributed by atoms with Crippen LogP contribution in [-0.2, 0) is 11.2 Å². The molecule has 18 heavy (non-hydrogen) atoms. The van der Waals surface area contributed by atoms with Gasteiger partial charge in [0.1, 0.15) is 0 Å². The minimum absolute atomic E-state index is 0.0633. The first-order valence-corrected chi connectivity index (χ1v) is 6.76. The molecule has 2 nitrogen and oxygen atoms in total. The molecule has 1 aliphatic heterocycles. The van der Waals surface area contributed by atoms with Crippen LogP contribution in [0.5, 0.6) is 0 Å². The molecule has 1 aromatic carbocycles. The molecule has 98 valence electrons. The van der Waals surface area contributed by atoms with Crippen LogP contribution in [0, 0.1) is 5.41 Å². The van der Waals surface area contributed by atoms with Gasteiger partial charge in [0.25, 0.3) is 0 Å². The fraction of sp³-hybridized carbons (Fsp3) is 0.562. The Hall–Kier alpha value is -1.31. The first kappa shape index (κ1) is 13.1. The van der Waals surface area contributed by atoms with Crippen LogP contribution in [0.1, 0.15) is 51.3 Å². The normalized spacial score (nSPS) is 19.6. The predicted molar refractivity (Wildman–Crippen MR) is 74.3 cm³/mol. The Balaban J connectivity index is 2.17. The summed E-state index contributed by atoms with van der Waals surface area (Å²) in [5.41, 5.74) is 2.77. The Morgan fingerprint density at radius 2 is 2.00 bits per heavy atom. The maximum Gasteiger partial charge on any atom is 0.223 e. The smallest absolute Gasteiger partial charge is 0.223 e. The third-order valence-electron chi connectivity index (χ3n) is 3.60. The zero-order chi connectivity index (χ0) is 13.3. The summed E-state index contributed by atoms with van der Waals surface area (Å²) in [5.74, 6) is 0.282. The second kappa shape index (κ2) is 4.75. The number of fused-ring (bicyclic) bond motifs is 1. The maximum absolute atomic E-state index is 12.4. The number of benzene rings is 1. The molecule has 0 spiro atoms. The lowest BCUT2D eigenvalue weighted by molar-refractivity contribution is -0.135. The largest absolute Gasteiger partial charge is 0.336 e. The van der Waals surface area contributed by atoms with Crippen LogP contribution in [-0.4, -0.2) is 17.4 Å². The lowest BCUT2D eigenvalue weighted by atomic mass is 9.89. The third kappa shape index (κ3) is 2.74. The SMILES string of the molecule is CC1c2ccccc2CCN1C(=O)CC(C)(C)C. The van der Waals surface area contributed by atoms with Gasteiger partial charge in [0.05, 0.1) is 6.04 Å². The molecule has 1 unspecified atom stereocenters. The van der Waals surface area contributed by atoms with Gasteiger partial charge in [-0.15, -0.1) is 0 Å². The monoisotopic (exact) mass is 245 g/mol. The van der Waals surface area contributed by atoms with Crippen LogP contribution in [0.2, 0.25) is 0 Å². The van der Waals surface area contributed by atoms with Crippen LogP contribution in [0.25, 0.3) is 0 Å². The molecule has 1 amide bonds. The highest BCUT2D eigenvalue weighted by Crippen LogP contribution is 2.31. The van der Waals surface area contributed by atoms with Gasteiger partial charge in [-0.05, 0) is 29.9 Å². The summed E-state index contributed by atoms with van der Waals surface area (Å²) < 4.78 is 0. The van der Waals surface area contributed by atoms with E-state index in [1.165, 1.54) is 11.1 Å². The van der Waals surface area contributed by atoms with Crippen molar-refractivity contribution in [2.24, 2.45) is 5.41 Å². The summed E-state index contributed by atoms with van der Waals surface area (Å²) in [7, 11) is 0. The van der Waals surface area contributed by atoms with Crippen molar-refractivity contribution in [3.63, 3.8) is 0 Å². The van der Waals surface area contributed by atoms with Gasteiger partial charge in [-0.1, -0.05) is 45.0 Å². The summed E-state index contributed by atoms with van der Waals surface area (Å²) >= 11 is 0. The van der Waals surface area contributed by atoms with Crippen molar-refractivity contribution in [1.29, 1.82) is 0 Å². The van der Waals surface area contributed by atoms with Gasteiger partial charge in [-0.3, -0.25) is 4.79 Å². The molecule has 1 heterocycles. The van der Waals surface area contributed by atoms with E-state index in [4.69, 9.17) is 0 Å². The van der Waals surface area contributed by atoms with E-state index in [-0.39, 0.29) is 17.4 Å². The van der Waals surface area contributed by atoms with Gasteiger partial charge in [0.15, 0.2) is 0 Å². The molecule has 1 atom stereocenters. The van der Waals surface area contributed by atoms with E-state index in [0.29, 0.717) is 6.42 Å². The highest BCUT2D eigenvalue weighted by atomic mass is 16.2. The van der Waals surface area contributed by atoms with E-state index in [1.54, 1.807) is 0 Å². The topological polar surface area (TPSA) is 20.3 Å². The summed E-state index contributed by atoms with van der Waals surface area (Å²) in [6, 6.07) is 8.68. The van der Waals surface area contributed by atoms with E-state index in [2.05, 4.69) is 52.0 Å². The second-order valence-electron chi connectivity index (χ2n) is 6.45. The van der Waals surface area contributed by atoms with E-state index < -0.39 is 0 Å². The highest BCUT2D eigenvalue weighted by Gasteiger charge is 2.29. The molecular formula is C16H23NO. The molecule has 0 aromatic heterocycles. The van der Waals surface area contributed by atoms with Crippen molar-refractivity contribution in [3.05, 3.63) is 35.4 Å². The van der Waals surface area contributed by atoms with Crippen molar-refractivity contribution >= 4 is 5.91 Å². The molecule has 2 heteroatoms. The number of hydrogen-bond acceptors (Lipinski definition) is 1. The zero-order valence-electron chi connectivity index (χ0n) is 11.9. The van der Waals surface area contributed by atoms with Gasteiger partial charge in [-0.2, -0.15) is 0 Å². The van der Waals surface area contributed by atoms with Crippen molar-refractivity contribution < 1.29 is 4.79 Å². The van der Waals surface area contributed by atoms with Crippen LogP contribution < -0.4 is 0 Å². The fourth-order valence-electron chi connectivity index (χ4n) is 2.67.